The van der Waals surface area contributed by atoms with Gasteiger partial charge in [0, 0.05) is 0 Å². The lowest BCUT2D eigenvalue weighted by molar-refractivity contribution is -0.137. The van der Waals surface area contributed by atoms with Crippen LogP contribution >= 0.6 is 11.3 Å². The zero-order valence-corrected chi connectivity index (χ0v) is 15.1. The topological polar surface area (TPSA) is 79.3 Å². The van der Waals surface area contributed by atoms with Gasteiger partial charge in [-0.3, -0.25) is 9.59 Å². The molecule has 1 heterocycles. The van der Waals surface area contributed by atoms with E-state index in [1.54, 1.807) is 12.4 Å². The number of carbonyl (C=O) groups is 2. The number of aryl methyl sites for hydroxylation is 1. The molecule has 0 aliphatic carbocycles. The van der Waals surface area contributed by atoms with Gasteiger partial charge >= 0.3 is 5.97 Å². The van der Waals surface area contributed by atoms with E-state index in [4.69, 9.17) is 5.11 Å². The molecule has 0 radical (unpaired) electrons. The molecular formula is C18H22N2O3S. The summed E-state index contributed by atoms with van der Waals surface area (Å²) < 4.78 is 0. The quantitative estimate of drug-likeness (QED) is 0.865. The van der Waals surface area contributed by atoms with Gasteiger partial charge in [-0.1, -0.05) is 45.0 Å². The third kappa shape index (κ3) is 4.41. The summed E-state index contributed by atoms with van der Waals surface area (Å²) in [5.74, 6) is -1.25. The van der Waals surface area contributed by atoms with Crippen LogP contribution in [0.3, 0.4) is 0 Å². The molecule has 1 atom stereocenters. The predicted molar refractivity (Wildman–Crippen MR) is 94.5 cm³/mol. The zero-order chi connectivity index (χ0) is 17.9. The van der Waals surface area contributed by atoms with Crippen molar-refractivity contribution >= 4 is 23.2 Å². The van der Waals surface area contributed by atoms with Crippen LogP contribution in [0.25, 0.3) is 0 Å². The number of thiazole rings is 1. The molecule has 0 aliphatic rings. The Kier molecular flexibility index (Phi) is 5.39. The molecule has 1 unspecified atom stereocenters. The molecule has 1 aromatic carbocycles. The molecule has 1 amide bonds. The Bertz CT molecular complexity index is 729. The Morgan fingerprint density at radius 2 is 1.88 bits per heavy atom. The van der Waals surface area contributed by atoms with Crippen molar-refractivity contribution in [3.05, 3.63) is 51.5 Å². The van der Waals surface area contributed by atoms with Crippen LogP contribution in [0, 0.1) is 6.92 Å². The Morgan fingerprint density at radius 3 is 2.33 bits per heavy atom. The molecule has 2 N–H and O–H groups in total. The number of amides is 1. The Balaban J connectivity index is 2.23. The van der Waals surface area contributed by atoms with Crippen molar-refractivity contribution in [2.45, 2.75) is 45.6 Å². The lowest BCUT2D eigenvalue weighted by Crippen LogP contribution is -2.30. The maximum Gasteiger partial charge on any atom is 0.305 e. The number of aliphatic carboxylic acids is 1. The standard InChI is InChI=1S/C18H22N2O3S/c1-11-16(24-10-19-11)17(23)20-14(9-15(21)22)12-5-7-13(8-6-12)18(2,3)4/h5-8,10,14H,9H2,1-4H3,(H,20,23)(H,21,22). The first-order valence-corrected chi connectivity index (χ1v) is 8.59. The van der Waals surface area contributed by atoms with Gasteiger partial charge in [0.2, 0.25) is 0 Å². The molecule has 2 rings (SSSR count). The van der Waals surface area contributed by atoms with E-state index in [0.717, 1.165) is 11.1 Å². The minimum absolute atomic E-state index is 0.0177. The first-order valence-electron chi connectivity index (χ1n) is 7.71. The highest BCUT2D eigenvalue weighted by Crippen LogP contribution is 2.25. The summed E-state index contributed by atoms with van der Waals surface area (Å²) in [6.07, 6.45) is -0.168. The van der Waals surface area contributed by atoms with Gasteiger partial charge in [-0.15, -0.1) is 11.3 Å². The minimum atomic E-state index is -0.957. The van der Waals surface area contributed by atoms with E-state index in [-0.39, 0.29) is 17.7 Å². The van der Waals surface area contributed by atoms with Crippen LogP contribution in [0.15, 0.2) is 29.8 Å². The summed E-state index contributed by atoms with van der Waals surface area (Å²) in [7, 11) is 0. The second-order valence-electron chi connectivity index (χ2n) is 6.76. The molecule has 1 aromatic heterocycles. The fourth-order valence-electron chi connectivity index (χ4n) is 2.39. The molecule has 24 heavy (non-hydrogen) atoms. The predicted octanol–water partition coefficient (Wildman–Crippen LogP) is 3.69. The lowest BCUT2D eigenvalue weighted by Gasteiger charge is -2.21. The van der Waals surface area contributed by atoms with Crippen molar-refractivity contribution < 1.29 is 14.7 Å². The fraction of sp³-hybridized carbons (Fsp3) is 0.389. The Hall–Kier alpha value is -2.21. The van der Waals surface area contributed by atoms with E-state index in [2.05, 4.69) is 31.1 Å². The SMILES string of the molecule is Cc1ncsc1C(=O)NC(CC(=O)O)c1ccc(C(C)(C)C)cc1. The second kappa shape index (κ2) is 7.13. The smallest absolute Gasteiger partial charge is 0.305 e. The van der Waals surface area contributed by atoms with Crippen molar-refractivity contribution in [3.63, 3.8) is 0 Å². The van der Waals surface area contributed by atoms with Gasteiger partial charge in [-0.05, 0) is 23.5 Å². The molecular weight excluding hydrogens is 324 g/mol. The number of carboxylic acid groups (broad SMARTS) is 1. The third-order valence-electron chi connectivity index (χ3n) is 3.81. The molecule has 5 nitrogen and oxygen atoms in total. The molecule has 0 saturated carbocycles. The van der Waals surface area contributed by atoms with Crippen molar-refractivity contribution in [2.75, 3.05) is 0 Å². The number of hydrogen-bond acceptors (Lipinski definition) is 4. The van der Waals surface area contributed by atoms with Crippen LogP contribution in [0.1, 0.15) is 59.7 Å². The van der Waals surface area contributed by atoms with Crippen molar-refractivity contribution in [1.82, 2.24) is 10.3 Å². The first kappa shape index (κ1) is 18.1. The van der Waals surface area contributed by atoms with Gasteiger partial charge in [0.15, 0.2) is 0 Å². The van der Waals surface area contributed by atoms with Crippen molar-refractivity contribution in [2.24, 2.45) is 0 Å². The summed E-state index contributed by atoms with van der Waals surface area (Å²) in [5.41, 5.74) is 4.21. The Morgan fingerprint density at radius 1 is 1.25 bits per heavy atom. The third-order valence-corrected chi connectivity index (χ3v) is 4.74. The molecule has 0 spiro atoms. The van der Waals surface area contributed by atoms with Crippen LogP contribution in [0.2, 0.25) is 0 Å². The number of rotatable bonds is 5. The summed E-state index contributed by atoms with van der Waals surface area (Å²) in [5, 5.41) is 12.0. The second-order valence-corrected chi connectivity index (χ2v) is 7.62. The first-order chi connectivity index (χ1) is 11.2. The number of carbonyl (C=O) groups excluding carboxylic acids is 1. The van der Waals surface area contributed by atoms with Crippen molar-refractivity contribution in [3.8, 4) is 0 Å². The monoisotopic (exact) mass is 346 g/mol. The van der Waals surface area contributed by atoms with Crippen LogP contribution < -0.4 is 5.32 Å². The molecule has 6 heteroatoms. The number of aromatic nitrogens is 1. The highest BCUT2D eigenvalue weighted by molar-refractivity contribution is 7.11. The van der Waals surface area contributed by atoms with E-state index in [1.165, 1.54) is 11.3 Å². The number of hydrogen-bond donors (Lipinski definition) is 2. The number of nitrogens with zero attached hydrogens (tertiary/aromatic N) is 1. The molecule has 0 fully saturated rings. The average molecular weight is 346 g/mol. The maximum absolute atomic E-state index is 12.4. The summed E-state index contributed by atoms with van der Waals surface area (Å²) >= 11 is 1.25. The largest absolute Gasteiger partial charge is 0.481 e. The summed E-state index contributed by atoms with van der Waals surface area (Å²) in [6, 6.07) is 7.15. The van der Waals surface area contributed by atoms with Crippen LogP contribution in [0.5, 0.6) is 0 Å². The summed E-state index contributed by atoms with van der Waals surface area (Å²) in [6.45, 7) is 8.11. The van der Waals surface area contributed by atoms with Gasteiger partial charge in [-0.25, -0.2) is 4.98 Å². The van der Waals surface area contributed by atoms with Gasteiger partial charge in [0.25, 0.3) is 5.91 Å². The molecule has 0 aliphatic heterocycles. The number of nitrogens with one attached hydrogen (secondary N) is 1. The van der Waals surface area contributed by atoms with Gasteiger partial charge in [0.1, 0.15) is 4.88 Å². The fourth-order valence-corrected chi connectivity index (χ4v) is 3.09. The number of carboxylic acids is 1. The van der Waals surface area contributed by atoms with Crippen LogP contribution in [0.4, 0.5) is 0 Å². The highest BCUT2D eigenvalue weighted by atomic mass is 32.1. The normalized spacial score (nSPS) is 12.7. The van der Waals surface area contributed by atoms with Gasteiger partial charge in [0.05, 0.1) is 23.7 Å². The van der Waals surface area contributed by atoms with Crippen LogP contribution in [-0.4, -0.2) is 22.0 Å². The molecule has 0 saturated heterocycles. The van der Waals surface area contributed by atoms with Gasteiger partial charge < -0.3 is 10.4 Å². The van der Waals surface area contributed by atoms with E-state index < -0.39 is 12.0 Å². The molecule has 0 bridgehead atoms. The number of benzene rings is 1. The van der Waals surface area contributed by atoms with Crippen molar-refractivity contribution in [1.29, 1.82) is 0 Å². The van der Waals surface area contributed by atoms with E-state index in [1.807, 2.05) is 24.3 Å². The maximum atomic E-state index is 12.4. The van der Waals surface area contributed by atoms with E-state index >= 15 is 0 Å². The van der Waals surface area contributed by atoms with Gasteiger partial charge in [-0.2, -0.15) is 0 Å². The average Bonchev–Trinajstić information content (AvgIpc) is 2.91. The Labute approximate surface area is 145 Å². The van der Waals surface area contributed by atoms with E-state index in [9.17, 15) is 9.59 Å². The lowest BCUT2D eigenvalue weighted by atomic mass is 9.86. The zero-order valence-electron chi connectivity index (χ0n) is 14.3. The minimum Gasteiger partial charge on any atom is -0.481 e. The summed E-state index contributed by atoms with van der Waals surface area (Å²) in [4.78, 5) is 28.1. The van der Waals surface area contributed by atoms with E-state index in [0.29, 0.717) is 10.6 Å². The molecule has 128 valence electrons. The highest BCUT2D eigenvalue weighted by Gasteiger charge is 2.22. The van der Waals surface area contributed by atoms with Crippen LogP contribution in [-0.2, 0) is 10.2 Å². The molecule has 2 aromatic rings.